The summed E-state index contributed by atoms with van der Waals surface area (Å²) in [6, 6.07) is 12.9. The van der Waals surface area contributed by atoms with Crippen molar-refractivity contribution in [3.05, 3.63) is 77.1 Å². The number of pyridine rings is 1. The van der Waals surface area contributed by atoms with Gasteiger partial charge in [-0.15, -0.1) is 0 Å². The average Bonchev–Trinajstić information content (AvgIpc) is 2.77. The molecule has 0 atom stereocenters. The van der Waals surface area contributed by atoms with Crippen LogP contribution in [0.15, 0.2) is 54.6 Å². The van der Waals surface area contributed by atoms with E-state index in [4.69, 9.17) is 9.94 Å². The fourth-order valence-corrected chi connectivity index (χ4v) is 2.90. The molecule has 1 aliphatic heterocycles. The molecule has 29 heavy (non-hydrogen) atoms. The lowest BCUT2D eigenvalue weighted by molar-refractivity contribution is -0.124. The van der Waals surface area contributed by atoms with E-state index >= 15 is 0 Å². The van der Waals surface area contributed by atoms with Gasteiger partial charge in [-0.25, -0.2) is 10.5 Å². The zero-order valence-corrected chi connectivity index (χ0v) is 16.0. The summed E-state index contributed by atoms with van der Waals surface area (Å²) in [5.41, 5.74) is 4.42. The monoisotopic (exact) mass is 393 g/mol. The highest BCUT2D eigenvalue weighted by molar-refractivity contribution is 6.06. The molecular weight excluding hydrogens is 370 g/mol. The summed E-state index contributed by atoms with van der Waals surface area (Å²) in [5, 5.41) is 8.49. The van der Waals surface area contributed by atoms with Gasteiger partial charge in [0, 0.05) is 31.3 Å². The van der Waals surface area contributed by atoms with Crippen LogP contribution in [0.4, 0.5) is 0 Å². The van der Waals surface area contributed by atoms with Crippen molar-refractivity contribution in [3.63, 3.8) is 0 Å². The normalized spacial score (nSPS) is 15.1. The van der Waals surface area contributed by atoms with Crippen LogP contribution in [-0.4, -0.2) is 53.1 Å². The average molecular weight is 393 g/mol. The van der Waals surface area contributed by atoms with E-state index in [-0.39, 0.29) is 5.78 Å². The van der Waals surface area contributed by atoms with Gasteiger partial charge in [0.15, 0.2) is 5.78 Å². The molecule has 0 saturated carbocycles. The molecule has 0 spiro atoms. The zero-order valence-electron chi connectivity index (χ0n) is 16.0. The SMILES string of the molecule is O=C(/C=C/c1cccc(/C=C/C(=O)c2ccc(CN3CCOCC3)cc2)n1)NO. The number of ether oxygens (including phenoxy) is 1. The molecule has 1 aliphatic rings. The van der Waals surface area contributed by atoms with E-state index < -0.39 is 5.91 Å². The predicted molar refractivity (Wildman–Crippen MR) is 109 cm³/mol. The predicted octanol–water partition coefficient (Wildman–Crippen LogP) is 2.33. The number of morpholine rings is 1. The highest BCUT2D eigenvalue weighted by Crippen LogP contribution is 2.11. The first-order valence-electron chi connectivity index (χ1n) is 9.35. The Balaban J connectivity index is 1.60. The van der Waals surface area contributed by atoms with Gasteiger partial charge >= 0.3 is 0 Å². The van der Waals surface area contributed by atoms with Crippen LogP contribution in [0.1, 0.15) is 27.3 Å². The van der Waals surface area contributed by atoms with E-state index in [0.717, 1.165) is 32.8 Å². The Kier molecular flexibility index (Phi) is 7.40. The van der Waals surface area contributed by atoms with Crippen LogP contribution in [0.25, 0.3) is 12.2 Å². The summed E-state index contributed by atoms with van der Waals surface area (Å²) in [4.78, 5) is 30.1. The van der Waals surface area contributed by atoms with Crippen molar-refractivity contribution in [1.29, 1.82) is 0 Å². The molecule has 150 valence electrons. The minimum absolute atomic E-state index is 0.106. The molecule has 7 heteroatoms. The van der Waals surface area contributed by atoms with Gasteiger partial charge < -0.3 is 4.74 Å². The van der Waals surface area contributed by atoms with Crippen LogP contribution in [0.3, 0.4) is 0 Å². The number of allylic oxidation sites excluding steroid dienone is 1. The number of carbonyl (C=O) groups is 2. The second kappa shape index (κ2) is 10.4. The molecule has 1 aromatic heterocycles. The third kappa shape index (κ3) is 6.46. The number of ketones is 1. The second-order valence-electron chi connectivity index (χ2n) is 6.58. The molecule has 7 nitrogen and oxygen atoms in total. The van der Waals surface area contributed by atoms with Crippen LogP contribution in [0.5, 0.6) is 0 Å². The molecule has 1 aromatic carbocycles. The zero-order chi connectivity index (χ0) is 20.5. The van der Waals surface area contributed by atoms with Crippen molar-refractivity contribution >= 4 is 23.8 Å². The van der Waals surface area contributed by atoms with E-state index in [9.17, 15) is 9.59 Å². The summed E-state index contributed by atoms with van der Waals surface area (Å²) in [7, 11) is 0. The number of hydrogen-bond donors (Lipinski definition) is 2. The Hall–Kier alpha value is -3.13. The van der Waals surface area contributed by atoms with Gasteiger partial charge in [0.05, 0.1) is 24.6 Å². The van der Waals surface area contributed by atoms with E-state index in [1.54, 1.807) is 24.3 Å². The highest BCUT2D eigenvalue weighted by Gasteiger charge is 2.11. The summed E-state index contributed by atoms with van der Waals surface area (Å²) < 4.78 is 5.36. The number of hydroxylamine groups is 1. The summed E-state index contributed by atoms with van der Waals surface area (Å²) in [6.45, 7) is 4.24. The molecule has 2 N–H and O–H groups in total. The molecule has 2 aromatic rings. The smallest absolute Gasteiger partial charge is 0.267 e. The van der Waals surface area contributed by atoms with Gasteiger partial charge in [0.25, 0.3) is 5.91 Å². The molecule has 0 aliphatic carbocycles. The summed E-state index contributed by atoms with van der Waals surface area (Å²) >= 11 is 0. The van der Waals surface area contributed by atoms with Crippen molar-refractivity contribution in [1.82, 2.24) is 15.4 Å². The maximum atomic E-state index is 12.4. The number of carbonyl (C=O) groups excluding carboxylic acids is 2. The van der Waals surface area contributed by atoms with Crippen molar-refractivity contribution in [3.8, 4) is 0 Å². The second-order valence-corrected chi connectivity index (χ2v) is 6.58. The standard InChI is InChI=1S/C22H23N3O4/c26-21(10-8-19-2-1-3-20(23-19)9-11-22(27)24-28)18-6-4-17(5-7-18)16-25-12-14-29-15-13-25/h1-11,28H,12-16H2,(H,24,27)/b10-8+,11-9+. The highest BCUT2D eigenvalue weighted by atomic mass is 16.5. The minimum atomic E-state index is -0.639. The van der Waals surface area contributed by atoms with Gasteiger partial charge in [-0.3, -0.25) is 19.7 Å². The third-order valence-electron chi connectivity index (χ3n) is 4.46. The molecule has 1 amide bonds. The van der Waals surface area contributed by atoms with Crippen LogP contribution >= 0.6 is 0 Å². The lowest BCUT2D eigenvalue weighted by Gasteiger charge is -2.26. The minimum Gasteiger partial charge on any atom is -0.379 e. The van der Waals surface area contributed by atoms with Gasteiger partial charge in [0.2, 0.25) is 0 Å². The van der Waals surface area contributed by atoms with Crippen LogP contribution in [0, 0.1) is 0 Å². The topological polar surface area (TPSA) is 91.8 Å². The molecule has 2 heterocycles. The largest absolute Gasteiger partial charge is 0.379 e. The van der Waals surface area contributed by atoms with Crippen molar-refractivity contribution < 1.29 is 19.5 Å². The summed E-state index contributed by atoms with van der Waals surface area (Å²) in [5.74, 6) is -0.745. The molecule has 1 saturated heterocycles. The third-order valence-corrected chi connectivity index (χ3v) is 4.46. The Bertz CT molecular complexity index is 901. The molecule has 3 rings (SSSR count). The quantitative estimate of drug-likeness (QED) is 0.325. The first-order valence-corrected chi connectivity index (χ1v) is 9.35. The van der Waals surface area contributed by atoms with Gasteiger partial charge in [-0.05, 0) is 35.9 Å². The van der Waals surface area contributed by atoms with Gasteiger partial charge in [-0.2, -0.15) is 0 Å². The maximum Gasteiger partial charge on any atom is 0.267 e. The lowest BCUT2D eigenvalue weighted by Crippen LogP contribution is -2.35. The molecule has 0 bridgehead atoms. The number of nitrogens with one attached hydrogen (secondary N) is 1. The number of nitrogens with zero attached hydrogens (tertiary/aromatic N) is 2. The Morgan fingerprint density at radius 3 is 2.34 bits per heavy atom. The summed E-state index contributed by atoms with van der Waals surface area (Å²) in [6.07, 6.45) is 5.75. The number of rotatable bonds is 7. The first kappa shape index (κ1) is 20.6. The molecule has 1 fully saturated rings. The van der Waals surface area contributed by atoms with Gasteiger partial charge in [0.1, 0.15) is 0 Å². The van der Waals surface area contributed by atoms with Crippen molar-refractivity contribution in [2.24, 2.45) is 0 Å². The first-order chi connectivity index (χ1) is 14.1. The van der Waals surface area contributed by atoms with E-state index in [1.165, 1.54) is 29.3 Å². The van der Waals surface area contributed by atoms with E-state index in [2.05, 4.69) is 9.88 Å². The van der Waals surface area contributed by atoms with Crippen LogP contribution < -0.4 is 5.48 Å². The lowest BCUT2D eigenvalue weighted by atomic mass is 10.1. The van der Waals surface area contributed by atoms with E-state index in [1.807, 2.05) is 24.3 Å². The molecular formula is C22H23N3O4. The van der Waals surface area contributed by atoms with Crippen LogP contribution in [0.2, 0.25) is 0 Å². The van der Waals surface area contributed by atoms with Crippen molar-refractivity contribution in [2.45, 2.75) is 6.54 Å². The Morgan fingerprint density at radius 2 is 1.69 bits per heavy atom. The Labute approximate surface area is 169 Å². The number of hydrogen-bond acceptors (Lipinski definition) is 6. The molecule has 0 radical (unpaired) electrons. The fraction of sp³-hybridized carbons (Fsp3) is 0.227. The molecule has 0 unspecified atom stereocenters. The number of amides is 1. The Morgan fingerprint density at radius 1 is 1.03 bits per heavy atom. The number of aromatic nitrogens is 1. The van der Waals surface area contributed by atoms with E-state index in [0.29, 0.717) is 17.0 Å². The van der Waals surface area contributed by atoms with Crippen molar-refractivity contribution in [2.75, 3.05) is 26.3 Å². The maximum absolute atomic E-state index is 12.4. The fourth-order valence-electron chi connectivity index (χ4n) is 2.90. The number of benzene rings is 1. The van der Waals surface area contributed by atoms with Crippen LogP contribution in [-0.2, 0) is 16.1 Å². The van der Waals surface area contributed by atoms with Gasteiger partial charge in [-0.1, -0.05) is 30.3 Å².